The summed E-state index contributed by atoms with van der Waals surface area (Å²) in [5.41, 5.74) is 7.41. The molecule has 1 amide bonds. The third kappa shape index (κ3) is 3.73. The fourth-order valence-corrected chi connectivity index (χ4v) is 4.36. The number of aryl methyl sites for hydroxylation is 1. The number of methoxy groups -OCH3 is 1. The highest BCUT2D eigenvalue weighted by Crippen LogP contribution is 2.46. The van der Waals surface area contributed by atoms with Gasteiger partial charge in [-0.05, 0) is 44.0 Å². The van der Waals surface area contributed by atoms with Gasteiger partial charge in [-0.2, -0.15) is 0 Å². The summed E-state index contributed by atoms with van der Waals surface area (Å²) in [6.45, 7) is 2.78. The topological polar surface area (TPSA) is 117 Å². The van der Waals surface area contributed by atoms with E-state index in [9.17, 15) is 9.90 Å². The minimum absolute atomic E-state index is 0.121. The highest BCUT2D eigenvalue weighted by atomic mass is 16.5. The number of aliphatic hydroxyl groups excluding tert-OH is 1. The monoisotopic (exact) mass is 426 g/mol. The van der Waals surface area contributed by atoms with Crippen molar-refractivity contribution in [1.82, 2.24) is 4.98 Å². The fraction of sp³-hybridized carbons (Fsp3) is 0.391. The van der Waals surface area contributed by atoms with Crippen LogP contribution in [-0.2, 0) is 16.8 Å². The normalized spacial score (nSPS) is 15.7. The average molecular weight is 426 g/mol. The predicted molar refractivity (Wildman–Crippen MR) is 113 cm³/mol. The first-order chi connectivity index (χ1) is 15.0. The molecule has 0 radical (unpaired) electrons. The van der Waals surface area contributed by atoms with Gasteiger partial charge in [-0.3, -0.25) is 4.79 Å². The molecule has 1 aliphatic heterocycles. The van der Waals surface area contributed by atoms with E-state index in [1.807, 2.05) is 12.1 Å². The van der Waals surface area contributed by atoms with Crippen LogP contribution in [0, 0.1) is 6.92 Å². The largest absolute Gasteiger partial charge is 0.488 e. The van der Waals surface area contributed by atoms with E-state index in [0.717, 1.165) is 11.1 Å². The van der Waals surface area contributed by atoms with Crippen LogP contribution >= 0.6 is 0 Å². The van der Waals surface area contributed by atoms with Crippen molar-refractivity contribution in [3.8, 4) is 11.6 Å². The van der Waals surface area contributed by atoms with Crippen LogP contribution in [0.25, 0.3) is 11.0 Å². The summed E-state index contributed by atoms with van der Waals surface area (Å²) in [7, 11) is 1.56. The Kier molecular flexibility index (Phi) is 5.84. The van der Waals surface area contributed by atoms with Gasteiger partial charge in [-0.25, -0.2) is 4.98 Å². The maximum absolute atomic E-state index is 12.3. The van der Waals surface area contributed by atoms with E-state index in [1.165, 1.54) is 0 Å². The van der Waals surface area contributed by atoms with Crippen molar-refractivity contribution in [2.24, 2.45) is 5.73 Å². The summed E-state index contributed by atoms with van der Waals surface area (Å²) in [5.74, 6) is 0.890. The van der Waals surface area contributed by atoms with E-state index in [1.54, 1.807) is 32.4 Å². The highest BCUT2D eigenvalue weighted by molar-refractivity contribution is 6.08. The van der Waals surface area contributed by atoms with Crippen LogP contribution < -0.4 is 15.2 Å². The van der Waals surface area contributed by atoms with Crippen molar-refractivity contribution in [3.63, 3.8) is 0 Å². The molecule has 8 nitrogen and oxygen atoms in total. The summed E-state index contributed by atoms with van der Waals surface area (Å²) >= 11 is 0. The van der Waals surface area contributed by atoms with E-state index < -0.39 is 11.3 Å². The molecule has 8 heteroatoms. The number of amides is 1. The molecule has 2 aromatic heterocycles. The number of ether oxygens (including phenoxy) is 3. The first kappa shape index (κ1) is 21.1. The first-order valence-corrected chi connectivity index (χ1v) is 10.2. The van der Waals surface area contributed by atoms with E-state index in [2.05, 4.69) is 4.98 Å². The predicted octanol–water partition coefficient (Wildman–Crippen LogP) is 2.86. The van der Waals surface area contributed by atoms with Crippen LogP contribution in [0.15, 0.2) is 34.9 Å². The molecule has 164 valence electrons. The SMILES string of the molecule is COc1ncccc1COc1ccc2oc(C)c(C(N)=O)c2c1C1(CO)CCOCC1. The Morgan fingerprint density at radius 2 is 2.06 bits per heavy atom. The molecule has 0 atom stereocenters. The highest BCUT2D eigenvalue weighted by Gasteiger charge is 2.40. The molecule has 31 heavy (non-hydrogen) atoms. The number of nitrogens with zero attached hydrogens (tertiary/aromatic N) is 1. The summed E-state index contributed by atoms with van der Waals surface area (Å²) in [4.78, 5) is 16.5. The van der Waals surface area contributed by atoms with Crippen molar-refractivity contribution in [1.29, 1.82) is 0 Å². The average Bonchev–Trinajstić information content (AvgIpc) is 3.13. The Labute approximate surface area is 179 Å². The summed E-state index contributed by atoms with van der Waals surface area (Å²) in [6, 6.07) is 7.25. The van der Waals surface area contributed by atoms with Crippen molar-refractivity contribution in [2.75, 3.05) is 26.9 Å². The maximum atomic E-state index is 12.3. The molecule has 0 unspecified atom stereocenters. The number of aliphatic hydroxyl groups is 1. The Morgan fingerprint density at radius 1 is 1.29 bits per heavy atom. The number of pyridine rings is 1. The number of hydrogen-bond donors (Lipinski definition) is 2. The lowest BCUT2D eigenvalue weighted by atomic mass is 9.72. The van der Waals surface area contributed by atoms with Crippen molar-refractivity contribution < 1.29 is 28.5 Å². The van der Waals surface area contributed by atoms with Gasteiger partial charge in [0.25, 0.3) is 5.91 Å². The zero-order valence-electron chi connectivity index (χ0n) is 17.6. The zero-order valence-corrected chi connectivity index (χ0v) is 17.6. The van der Waals surface area contributed by atoms with Crippen molar-refractivity contribution in [2.45, 2.75) is 31.8 Å². The molecule has 3 aromatic rings. The van der Waals surface area contributed by atoms with Gasteiger partial charge in [0.15, 0.2) is 0 Å². The number of carbonyl (C=O) groups is 1. The third-order valence-corrected chi connectivity index (χ3v) is 5.95. The standard InChI is InChI=1S/C23H26N2O6/c1-14-18(21(24)27)19-16(31-14)5-6-17(20(19)23(13-26)7-10-29-11-8-23)30-12-15-4-3-9-25-22(15)28-2/h3-6,9,26H,7-8,10-13H2,1-2H3,(H2,24,27). The molecule has 0 saturated carbocycles. The van der Waals surface area contributed by atoms with Crippen LogP contribution in [0.2, 0.25) is 0 Å². The third-order valence-electron chi connectivity index (χ3n) is 5.95. The second kappa shape index (κ2) is 8.56. The van der Waals surface area contributed by atoms with Crippen LogP contribution in [0.4, 0.5) is 0 Å². The Balaban J connectivity index is 1.88. The van der Waals surface area contributed by atoms with E-state index in [-0.39, 0.29) is 13.2 Å². The van der Waals surface area contributed by atoms with Crippen LogP contribution in [0.3, 0.4) is 0 Å². The summed E-state index contributed by atoms with van der Waals surface area (Å²) in [6.07, 6.45) is 2.81. The van der Waals surface area contributed by atoms with Gasteiger partial charge in [0.05, 0.1) is 24.8 Å². The molecule has 4 rings (SSSR count). The molecule has 1 aliphatic rings. The number of furan rings is 1. The van der Waals surface area contributed by atoms with E-state index in [4.69, 9.17) is 24.4 Å². The first-order valence-electron chi connectivity index (χ1n) is 10.2. The summed E-state index contributed by atoms with van der Waals surface area (Å²) < 4.78 is 22.9. The molecule has 0 aliphatic carbocycles. The lowest BCUT2D eigenvalue weighted by Gasteiger charge is -2.37. The molecular formula is C23H26N2O6. The number of primary amides is 1. The van der Waals surface area contributed by atoms with Gasteiger partial charge in [0, 0.05) is 35.8 Å². The number of fused-ring (bicyclic) bond motifs is 1. The van der Waals surface area contributed by atoms with E-state index >= 15 is 0 Å². The second-order valence-electron chi connectivity index (χ2n) is 7.72. The second-order valence-corrected chi connectivity index (χ2v) is 7.72. The van der Waals surface area contributed by atoms with Gasteiger partial charge < -0.3 is 29.5 Å². The van der Waals surface area contributed by atoms with Crippen LogP contribution in [-0.4, -0.2) is 42.9 Å². The molecule has 0 bridgehead atoms. The number of carbonyl (C=O) groups excluding carboxylic acids is 1. The molecule has 3 N–H and O–H groups in total. The summed E-state index contributed by atoms with van der Waals surface area (Å²) in [5, 5.41) is 11.1. The number of nitrogens with two attached hydrogens (primary N) is 1. The number of hydrogen-bond acceptors (Lipinski definition) is 7. The maximum Gasteiger partial charge on any atom is 0.252 e. The molecule has 1 fully saturated rings. The van der Waals surface area contributed by atoms with Gasteiger partial charge in [-0.1, -0.05) is 0 Å². The van der Waals surface area contributed by atoms with E-state index in [0.29, 0.717) is 60.0 Å². The number of rotatable bonds is 7. The molecular weight excluding hydrogens is 400 g/mol. The molecule has 1 aromatic carbocycles. The number of aromatic nitrogens is 1. The minimum Gasteiger partial charge on any atom is -0.488 e. The Morgan fingerprint density at radius 3 is 2.74 bits per heavy atom. The lowest BCUT2D eigenvalue weighted by molar-refractivity contribution is 0.0246. The fourth-order valence-electron chi connectivity index (χ4n) is 4.36. The van der Waals surface area contributed by atoms with Crippen molar-refractivity contribution in [3.05, 3.63) is 52.9 Å². The smallest absolute Gasteiger partial charge is 0.252 e. The lowest BCUT2D eigenvalue weighted by Crippen LogP contribution is -2.38. The van der Waals surface area contributed by atoms with Crippen LogP contribution in [0.5, 0.6) is 11.6 Å². The molecule has 1 saturated heterocycles. The Bertz CT molecular complexity index is 1100. The van der Waals surface area contributed by atoms with Gasteiger partial charge in [0.1, 0.15) is 23.7 Å². The zero-order chi connectivity index (χ0) is 22.0. The number of benzene rings is 1. The van der Waals surface area contributed by atoms with Gasteiger partial charge in [0.2, 0.25) is 5.88 Å². The molecule has 0 spiro atoms. The van der Waals surface area contributed by atoms with Crippen LogP contribution in [0.1, 0.15) is 40.1 Å². The van der Waals surface area contributed by atoms with Gasteiger partial charge in [-0.15, -0.1) is 0 Å². The Hall–Kier alpha value is -3.10. The van der Waals surface area contributed by atoms with Crippen molar-refractivity contribution >= 4 is 16.9 Å². The molecule has 3 heterocycles. The van der Waals surface area contributed by atoms with Gasteiger partial charge >= 0.3 is 0 Å². The minimum atomic E-state index is -0.646. The quantitative estimate of drug-likeness (QED) is 0.596.